The van der Waals surface area contributed by atoms with Crippen LogP contribution in [0.3, 0.4) is 0 Å². The highest BCUT2D eigenvalue weighted by Gasteiger charge is 2.38. The largest absolute Gasteiger partial charge is 0.488 e. The van der Waals surface area contributed by atoms with Crippen LogP contribution in [0.1, 0.15) is 6.42 Å². The second-order valence-electron chi connectivity index (χ2n) is 3.75. The Morgan fingerprint density at radius 3 is 2.47 bits per heavy atom. The lowest BCUT2D eigenvalue weighted by Crippen LogP contribution is -2.08. The molecule has 1 aromatic carbocycles. The van der Waals surface area contributed by atoms with Gasteiger partial charge in [0.05, 0.1) is 15.0 Å². The first-order chi connectivity index (χ1) is 8.11. The Labute approximate surface area is 126 Å². The van der Waals surface area contributed by atoms with Gasteiger partial charge in [-0.05, 0) is 50.4 Å². The van der Waals surface area contributed by atoms with E-state index in [9.17, 15) is 0 Å². The predicted molar refractivity (Wildman–Crippen MR) is 78.5 cm³/mol. The van der Waals surface area contributed by atoms with Gasteiger partial charge < -0.3 is 9.47 Å². The Balaban J connectivity index is 1.94. The molecular formula is C12H11Br3O2. The summed E-state index contributed by atoms with van der Waals surface area (Å²) in [7, 11) is 0. The molecule has 92 valence electrons. The van der Waals surface area contributed by atoms with Crippen molar-refractivity contribution in [2.75, 3.05) is 6.61 Å². The molecule has 1 fully saturated rings. The van der Waals surface area contributed by atoms with Crippen LogP contribution in [0, 0.1) is 0 Å². The van der Waals surface area contributed by atoms with E-state index in [-0.39, 0.29) is 12.2 Å². The monoisotopic (exact) mass is 424 g/mol. The molecule has 0 bridgehead atoms. The smallest absolute Gasteiger partial charge is 0.147 e. The molecular weight excluding hydrogens is 416 g/mol. The summed E-state index contributed by atoms with van der Waals surface area (Å²) in [5.41, 5.74) is 0. The fourth-order valence-corrected chi connectivity index (χ4v) is 4.02. The van der Waals surface area contributed by atoms with Crippen molar-refractivity contribution in [2.45, 2.75) is 18.6 Å². The van der Waals surface area contributed by atoms with Crippen molar-refractivity contribution < 1.29 is 9.47 Å². The lowest BCUT2D eigenvalue weighted by atomic mass is 10.2. The summed E-state index contributed by atoms with van der Waals surface area (Å²) < 4.78 is 14.0. The third-order valence-corrected chi connectivity index (χ3v) is 4.08. The SMILES string of the molecule is C=CCC1OC1COc1c(Br)cc(Br)cc1Br. The van der Waals surface area contributed by atoms with Crippen molar-refractivity contribution in [1.29, 1.82) is 0 Å². The average molecular weight is 427 g/mol. The van der Waals surface area contributed by atoms with Crippen LogP contribution in [-0.2, 0) is 4.74 Å². The third-order valence-electron chi connectivity index (χ3n) is 2.44. The van der Waals surface area contributed by atoms with E-state index in [4.69, 9.17) is 9.47 Å². The second-order valence-corrected chi connectivity index (χ2v) is 6.37. The normalized spacial score (nSPS) is 22.3. The Kier molecular flexibility index (Phi) is 4.69. The highest BCUT2D eigenvalue weighted by atomic mass is 79.9. The Morgan fingerprint density at radius 1 is 1.24 bits per heavy atom. The van der Waals surface area contributed by atoms with E-state index in [1.807, 2.05) is 18.2 Å². The van der Waals surface area contributed by atoms with Crippen LogP contribution in [0.25, 0.3) is 0 Å². The molecule has 17 heavy (non-hydrogen) atoms. The van der Waals surface area contributed by atoms with Gasteiger partial charge in [0.1, 0.15) is 18.5 Å². The van der Waals surface area contributed by atoms with E-state index in [2.05, 4.69) is 54.4 Å². The van der Waals surface area contributed by atoms with Crippen molar-refractivity contribution in [2.24, 2.45) is 0 Å². The standard InChI is InChI=1S/C12H11Br3O2/c1-2-3-10-11(17-10)6-16-12-8(14)4-7(13)5-9(12)15/h2,4-5,10-11H,1,3,6H2. The van der Waals surface area contributed by atoms with Crippen LogP contribution in [0.15, 0.2) is 38.2 Å². The Morgan fingerprint density at radius 2 is 1.88 bits per heavy atom. The predicted octanol–water partition coefficient (Wildman–Crippen LogP) is 4.70. The summed E-state index contributed by atoms with van der Waals surface area (Å²) in [4.78, 5) is 0. The number of rotatable bonds is 5. The lowest BCUT2D eigenvalue weighted by molar-refractivity contribution is 0.258. The molecule has 0 aliphatic carbocycles. The summed E-state index contributed by atoms with van der Waals surface area (Å²) in [5.74, 6) is 0.807. The average Bonchev–Trinajstić information content (AvgIpc) is 2.95. The maximum absolute atomic E-state index is 5.75. The number of halogens is 3. The number of ether oxygens (including phenoxy) is 2. The minimum absolute atomic E-state index is 0.190. The minimum Gasteiger partial charge on any atom is -0.488 e. The maximum Gasteiger partial charge on any atom is 0.147 e. The second kappa shape index (κ2) is 5.87. The van der Waals surface area contributed by atoms with Crippen LogP contribution in [0.5, 0.6) is 5.75 Å². The first-order valence-corrected chi connectivity index (χ1v) is 7.53. The van der Waals surface area contributed by atoms with Crippen LogP contribution < -0.4 is 4.74 Å². The topological polar surface area (TPSA) is 21.8 Å². The van der Waals surface area contributed by atoms with Crippen LogP contribution in [0.2, 0.25) is 0 Å². The van der Waals surface area contributed by atoms with Crippen LogP contribution in [0.4, 0.5) is 0 Å². The molecule has 1 aliphatic rings. The molecule has 0 saturated carbocycles. The maximum atomic E-state index is 5.75. The summed E-state index contributed by atoms with van der Waals surface area (Å²) in [6, 6.07) is 3.91. The third kappa shape index (κ3) is 3.56. The van der Waals surface area contributed by atoms with E-state index in [1.54, 1.807) is 0 Å². The quantitative estimate of drug-likeness (QED) is 0.503. The van der Waals surface area contributed by atoms with Crippen molar-refractivity contribution >= 4 is 47.8 Å². The highest BCUT2D eigenvalue weighted by Crippen LogP contribution is 2.37. The molecule has 2 rings (SSSR count). The van der Waals surface area contributed by atoms with Gasteiger partial charge in [-0.15, -0.1) is 6.58 Å². The summed E-state index contributed by atoms with van der Waals surface area (Å²) in [5, 5.41) is 0. The lowest BCUT2D eigenvalue weighted by Gasteiger charge is -2.09. The van der Waals surface area contributed by atoms with Gasteiger partial charge in [0.25, 0.3) is 0 Å². The zero-order valence-electron chi connectivity index (χ0n) is 8.96. The van der Waals surface area contributed by atoms with E-state index in [0.717, 1.165) is 25.6 Å². The molecule has 2 nitrogen and oxygen atoms in total. The van der Waals surface area contributed by atoms with Crippen molar-refractivity contribution in [3.63, 3.8) is 0 Å². The summed E-state index contributed by atoms with van der Waals surface area (Å²) >= 11 is 10.4. The van der Waals surface area contributed by atoms with Gasteiger partial charge in [0, 0.05) is 4.47 Å². The van der Waals surface area contributed by atoms with Gasteiger partial charge in [0.15, 0.2) is 0 Å². The molecule has 0 aromatic heterocycles. The van der Waals surface area contributed by atoms with Gasteiger partial charge in [0.2, 0.25) is 0 Å². The fraction of sp³-hybridized carbons (Fsp3) is 0.333. The van der Waals surface area contributed by atoms with Crippen molar-refractivity contribution in [1.82, 2.24) is 0 Å². The highest BCUT2D eigenvalue weighted by molar-refractivity contribution is 9.11. The molecule has 1 heterocycles. The summed E-state index contributed by atoms with van der Waals surface area (Å²) in [6.07, 6.45) is 3.23. The molecule has 0 radical (unpaired) electrons. The Hall–Kier alpha value is 0.160. The number of hydrogen-bond donors (Lipinski definition) is 0. The molecule has 1 aromatic rings. The Bertz CT molecular complexity index is 411. The molecule has 0 spiro atoms. The molecule has 1 saturated heterocycles. The van der Waals surface area contributed by atoms with E-state index < -0.39 is 0 Å². The van der Waals surface area contributed by atoms with Crippen molar-refractivity contribution in [3.8, 4) is 5.75 Å². The van der Waals surface area contributed by atoms with Gasteiger partial charge in [-0.1, -0.05) is 22.0 Å². The fourth-order valence-electron chi connectivity index (χ4n) is 1.53. The first kappa shape index (κ1) is 13.6. The van der Waals surface area contributed by atoms with Gasteiger partial charge in [-0.2, -0.15) is 0 Å². The van der Waals surface area contributed by atoms with E-state index in [0.29, 0.717) is 6.61 Å². The molecule has 1 aliphatic heterocycles. The molecule has 0 N–H and O–H groups in total. The summed E-state index contributed by atoms with van der Waals surface area (Å²) in [6.45, 7) is 4.26. The van der Waals surface area contributed by atoms with Crippen LogP contribution >= 0.6 is 47.8 Å². The van der Waals surface area contributed by atoms with E-state index >= 15 is 0 Å². The first-order valence-electron chi connectivity index (χ1n) is 5.15. The van der Waals surface area contributed by atoms with Gasteiger partial charge in [-0.3, -0.25) is 0 Å². The van der Waals surface area contributed by atoms with E-state index in [1.165, 1.54) is 0 Å². The van der Waals surface area contributed by atoms with Crippen LogP contribution in [-0.4, -0.2) is 18.8 Å². The number of epoxide rings is 1. The minimum atomic E-state index is 0.190. The number of hydrogen-bond acceptors (Lipinski definition) is 2. The molecule has 2 atom stereocenters. The van der Waals surface area contributed by atoms with Crippen molar-refractivity contribution in [3.05, 3.63) is 38.2 Å². The molecule has 2 unspecified atom stereocenters. The zero-order valence-corrected chi connectivity index (χ0v) is 13.7. The molecule has 0 amide bonds. The molecule has 5 heteroatoms. The zero-order chi connectivity index (χ0) is 12.4. The van der Waals surface area contributed by atoms with Gasteiger partial charge in [-0.25, -0.2) is 0 Å². The van der Waals surface area contributed by atoms with Gasteiger partial charge >= 0.3 is 0 Å². The number of benzene rings is 1.